The Labute approximate surface area is 177 Å². The van der Waals surface area contributed by atoms with Gasteiger partial charge in [-0.25, -0.2) is 0 Å². The van der Waals surface area contributed by atoms with Gasteiger partial charge in [-0.15, -0.1) is 13.2 Å². The molecule has 3 fully saturated rings. The zero-order chi connectivity index (χ0) is 22.1. The molecular weight excluding hydrogens is 409 g/mol. The molecule has 5 rings (SSSR count). The van der Waals surface area contributed by atoms with Gasteiger partial charge < -0.3 is 9.47 Å². The molecule has 0 aromatic heterocycles. The molecule has 0 N–H and O–H groups in total. The molecule has 1 saturated carbocycles. The van der Waals surface area contributed by atoms with Crippen LogP contribution in [-0.4, -0.2) is 30.1 Å². The van der Waals surface area contributed by atoms with Gasteiger partial charge in [0, 0.05) is 0 Å². The second-order valence-electron chi connectivity index (χ2n) is 8.68. The monoisotopic (exact) mass is 430 g/mol. The Morgan fingerprint density at radius 2 is 1.39 bits per heavy atom. The van der Waals surface area contributed by atoms with Crippen LogP contribution in [0.15, 0.2) is 36.4 Å². The topological polar surface area (TPSA) is 52.6 Å². The van der Waals surface area contributed by atoms with Crippen molar-refractivity contribution in [2.24, 2.45) is 11.8 Å². The molecule has 4 nitrogen and oxygen atoms in total. The number of ketones is 2. The van der Waals surface area contributed by atoms with Gasteiger partial charge in [-0.05, 0) is 66.6 Å². The van der Waals surface area contributed by atoms with E-state index >= 15 is 0 Å². The zero-order valence-electron chi connectivity index (χ0n) is 17.0. The first-order valence-corrected chi connectivity index (χ1v) is 10.3. The molecule has 0 amide bonds. The highest BCUT2D eigenvalue weighted by Gasteiger charge is 2.63. The van der Waals surface area contributed by atoms with Crippen LogP contribution in [-0.2, 0) is 14.3 Å². The van der Waals surface area contributed by atoms with Crippen LogP contribution in [0.3, 0.4) is 0 Å². The molecule has 5 atom stereocenters. The van der Waals surface area contributed by atoms with E-state index in [9.17, 15) is 22.8 Å². The fourth-order valence-electron chi connectivity index (χ4n) is 5.66. The third-order valence-electron chi connectivity index (χ3n) is 6.80. The molecule has 1 aliphatic carbocycles. The van der Waals surface area contributed by atoms with E-state index in [2.05, 4.69) is 4.74 Å². The molecule has 2 saturated heterocycles. The van der Waals surface area contributed by atoms with Crippen molar-refractivity contribution in [1.29, 1.82) is 0 Å². The lowest BCUT2D eigenvalue weighted by Gasteiger charge is -2.19. The maximum Gasteiger partial charge on any atom is 0.573 e. The Hall–Kier alpha value is -2.67. The average molecular weight is 430 g/mol. The number of rotatable bonds is 3. The van der Waals surface area contributed by atoms with E-state index in [0.717, 1.165) is 40.7 Å². The Kier molecular flexibility index (Phi) is 4.52. The maximum atomic E-state index is 13.2. The molecule has 162 valence electrons. The van der Waals surface area contributed by atoms with Gasteiger partial charge in [0.1, 0.15) is 11.7 Å². The van der Waals surface area contributed by atoms with E-state index in [1.165, 1.54) is 12.1 Å². The summed E-state index contributed by atoms with van der Waals surface area (Å²) in [5, 5.41) is 0. The van der Waals surface area contributed by atoms with Gasteiger partial charge in [0.15, 0.2) is 11.6 Å². The normalized spacial score (nSPS) is 29.5. The number of alkyl halides is 3. The van der Waals surface area contributed by atoms with Crippen molar-refractivity contribution in [1.82, 2.24) is 0 Å². The van der Waals surface area contributed by atoms with Crippen molar-refractivity contribution >= 4 is 11.6 Å². The predicted molar refractivity (Wildman–Crippen MR) is 106 cm³/mol. The van der Waals surface area contributed by atoms with E-state index < -0.39 is 12.3 Å². The van der Waals surface area contributed by atoms with Crippen molar-refractivity contribution in [3.63, 3.8) is 0 Å². The Morgan fingerprint density at radius 1 is 0.871 bits per heavy atom. The number of carbonyl (C=O) groups is 2. The molecule has 2 heterocycles. The molecule has 2 aromatic rings. The minimum Gasteiger partial charge on any atom is -0.406 e. The first kappa shape index (κ1) is 20.2. The Bertz CT molecular complexity index is 1020. The van der Waals surface area contributed by atoms with Gasteiger partial charge in [-0.2, -0.15) is 0 Å². The summed E-state index contributed by atoms with van der Waals surface area (Å²) >= 11 is 0. The third-order valence-corrected chi connectivity index (χ3v) is 6.80. The van der Waals surface area contributed by atoms with Gasteiger partial charge in [0.05, 0.1) is 24.0 Å². The van der Waals surface area contributed by atoms with Crippen LogP contribution in [0.5, 0.6) is 5.75 Å². The highest BCUT2D eigenvalue weighted by molar-refractivity contribution is 6.17. The van der Waals surface area contributed by atoms with Gasteiger partial charge in [0.25, 0.3) is 0 Å². The summed E-state index contributed by atoms with van der Waals surface area (Å²) in [6.07, 6.45) is -3.33. The predicted octanol–water partition coefficient (Wildman–Crippen LogP) is 4.90. The second-order valence-corrected chi connectivity index (χ2v) is 8.68. The fraction of sp³-hybridized carbons (Fsp3) is 0.417. The largest absolute Gasteiger partial charge is 0.573 e. The van der Waals surface area contributed by atoms with Crippen molar-refractivity contribution in [2.45, 2.75) is 51.2 Å². The number of halogens is 3. The van der Waals surface area contributed by atoms with E-state index in [1.54, 1.807) is 12.1 Å². The summed E-state index contributed by atoms with van der Waals surface area (Å²) < 4.78 is 46.9. The SMILES string of the molecule is Cc1cc(-c2ccc(OC(F)(F)F)cc2)cc(C)c1C1C(=O)[C@@H]2[C@H](C1=O)[C@H]1CC[C@H]2O1. The van der Waals surface area contributed by atoms with Crippen molar-refractivity contribution < 1.29 is 32.2 Å². The summed E-state index contributed by atoms with van der Waals surface area (Å²) in [4.78, 5) is 26.4. The van der Waals surface area contributed by atoms with Gasteiger partial charge in [-0.1, -0.05) is 24.3 Å². The second kappa shape index (κ2) is 6.92. The molecule has 7 heteroatoms. The van der Waals surface area contributed by atoms with Crippen LogP contribution < -0.4 is 4.74 Å². The number of aryl methyl sites for hydroxylation is 2. The fourth-order valence-corrected chi connectivity index (χ4v) is 5.66. The molecule has 2 aliphatic heterocycles. The van der Waals surface area contributed by atoms with Crippen molar-refractivity contribution in [2.75, 3.05) is 0 Å². The smallest absolute Gasteiger partial charge is 0.406 e. The third kappa shape index (κ3) is 3.26. The van der Waals surface area contributed by atoms with Gasteiger partial charge in [-0.3, -0.25) is 9.59 Å². The van der Waals surface area contributed by atoms with E-state index in [-0.39, 0.29) is 41.4 Å². The minimum absolute atomic E-state index is 0.0326. The van der Waals surface area contributed by atoms with Crippen LogP contribution in [0.1, 0.15) is 35.4 Å². The first-order valence-electron chi connectivity index (χ1n) is 10.3. The number of fused-ring (bicyclic) bond motifs is 5. The van der Waals surface area contributed by atoms with Gasteiger partial charge in [0.2, 0.25) is 0 Å². The summed E-state index contributed by atoms with van der Waals surface area (Å²) in [5.41, 5.74) is 3.93. The van der Waals surface area contributed by atoms with E-state index in [1.807, 2.05) is 26.0 Å². The molecule has 3 aliphatic rings. The lowest BCUT2D eigenvalue weighted by molar-refractivity contribution is -0.274. The van der Waals surface area contributed by atoms with E-state index in [0.29, 0.717) is 0 Å². The molecule has 31 heavy (non-hydrogen) atoms. The van der Waals surface area contributed by atoms with E-state index in [4.69, 9.17) is 4.74 Å². The average Bonchev–Trinajstić information content (AvgIpc) is 3.36. The highest BCUT2D eigenvalue weighted by Crippen LogP contribution is 2.53. The number of benzene rings is 2. The van der Waals surface area contributed by atoms with Crippen molar-refractivity contribution in [3.8, 4) is 16.9 Å². The standard InChI is InChI=1S/C24H21F3O4/c1-11-9-14(13-3-5-15(6-4-13)31-24(25,26)27)10-12(2)18(11)21-22(28)19-16-7-8-17(30-16)20(19)23(21)29/h3-6,9-10,16-17,19-21H,7-8H2,1-2H3/t16-,17-,19-,20+,21?/m1/s1. The summed E-state index contributed by atoms with van der Waals surface area (Å²) in [5.74, 6) is -1.75. The van der Waals surface area contributed by atoms with Crippen LogP contribution in [0.2, 0.25) is 0 Å². The quantitative estimate of drug-likeness (QED) is 0.650. The molecule has 0 radical (unpaired) electrons. The molecule has 2 aromatic carbocycles. The first-order chi connectivity index (χ1) is 14.6. The molecule has 0 spiro atoms. The van der Waals surface area contributed by atoms with Crippen LogP contribution in [0.25, 0.3) is 11.1 Å². The number of carbonyl (C=O) groups excluding carboxylic acids is 2. The summed E-state index contributed by atoms with van der Waals surface area (Å²) in [7, 11) is 0. The molecular formula is C24H21F3O4. The van der Waals surface area contributed by atoms with Gasteiger partial charge >= 0.3 is 6.36 Å². The highest BCUT2D eigenvalue weighted by atomic mass is 19.4. The number of ether oxygens (including phenoxy) is 2. The number of hydrogen-bond donors (Lipinski definition) is 0. The summed E-state index contributed by atoms with van der Waals surface area (Å²) in [6, 6.07) is 9.40. The van der Waals surface area contributed by atoms with Crippen LogP contribution >= 0.6 is 0 Å². The summed E-state index contributed by atoms with van der Waals surface area (Å²) in [6.45, 7) is 3.74. The molecule has 1 unspecified atom stereocenters. The lowest BCUT2D eigenvalue weighted by atomic mass is 9.81. The Morgan fingerprint density at radius 3 is 1.87 bits per heavy atom. The maximum absolute atomic E-state index is 13.2. The number of hydrogen-bond acceptors (Lipinski definition) is 4. The Balaban J connectivity index is 1.45. The lowest BCUT2D eigenvalue weighted by Crippen LogP contribution is -2.29. The van der Waals surface area contributed by atoms with Crippen LogP contribution in [0, 0.1) is 25.7 Å². The van der Waals surface area contributed by atoms with Crippen LogP contribution in [0.4, 0.5) is 13.2 Å². The number of Topliss-reactive ketones (excluding diaryl/α,β-unsaturated/α-hetero) is 2. The molecule has 2 bridgehead atoms. The zero-order valence-corrected chi connectivity index (χ0v) is 17.0. The van der Waals surface area contributed by atoms with Crippen molar-refractivity contribution in [3.05, 3.63) is 53.1 Å². The minimum atomic E-state index is -4.74.